The number of nitrogens with one attached hydrogen (secondary N) is 1. The molecule has 0 aliphatic heterocycles. The molecule has 0 radical (unpaired) electrons. The van der Waals surface area contributed by atoms with Gasteiger partial charge in [-0.05, 0) is 30.4 Å². The molecule has 0 aliphatic rings. The third-order valence-electron chi connectivity index (χ3n) is 3.47. The predicted octanol–water partition coefficient (Wildman–Crippen LogP) is 3.61. The van der Waals surface area contributed by atoms with E-state index in [0.717, 1.165) is 41.6 Å². The van der Waals surface area contributed by atoms with Crippen LogP contribution in [0.3, 0.4) is 0 Å². The maximum atomic E-state index is 12.3. The highest BCUT2D eigenvalue weighted by molar-refractivity contribution is 6.04. The molecule has 1 heterocycles. The van der Waals surface area contributed by atoms with Crippen molar-refractivity contribution >= 4 is 11.6 Å². The van der Waals surface area contributed by atoms with E-state index in [0.29, 0.717) is 5.76 Å². The van der Waals surface area contributed by atoms with Crippen molar-refractivity contribution in [2.24, 2.45) is 0 Å². The molecule has 0 bridgehead atoms. The number of nitrogens with zero attached hydrogens (tertiary/aromatic N) is 1. The molecule has 2 rings (SSSR count). The minimum atomic E-state index is -0.227. The summed E-state index contributed by atoms with van der Waals surface area (Å²) in [6.07, 6.45) is 4.07. The second kappa shape index (κ2) is 6.37. The first kappa shape index (κ1) is 14.3. The maximum Gasteiger partial charge on any atom is 0.294 e. The Labute approximate surface area is 119 Å². The fraction of sp³-hybridized carbons (Fsp3) is 0.375. The Morgan fingerprint density at radius 2 is 1.70 bits per heavy atom. The highest BCUT2D eigenvalue weighted by atomic mass is 16.5. The molecule has 0 saturated carbocycles. The monoisotopic (exact) mass is 272 g/mol. The Morgan fingerprint density at radius 1 is 1.10 bits per heavy atom. The van der Waals surface area contributed by atoms with Crippen LogP contribution in [-0.2, 0) is 19.3 Å². The molecule has 0 aliphatic carbocycles. The van der Waals surface area contributed by atoms with Gasteiger partial charge < -0.3 is 9.84 Å². The second-order valence-electron chi connectivity index (χ2n) is 4.65. The molecule has 1 aromatic heterocycles. The van der Waals surface area contributed by atoms with Crippen LogP contribution in [0.25, 0.3) is 0 Å². The number of para-hydroxylation sites is 1. The molecule has 2 aromatic rings. The van der Waals surface area contributed by atoms with Gasteiger partial charge in [0, 0.05) is 11.3 Å². The lowest BCUT2D eigenvalue weighted by Crippen LogP contribution is -2.15. The van der Waals surface area contributed by atoms with E-state index in [-0.39, 0.29) is 5.91 Å². The van der Waals surface area contributed by atoms with Gasteiger partial charge >= 0.3 is 0 Å². The number of hydrogen-bond acceptors (Lipinski definition) is 3. The normalized spacial score (nSPS) is 10.6. The Balaban J connectivity index is 2.32. The molecule has 0 saturated heterocycles. The van der Waals surface area contributed by atoms with Crippen molar-refractivity contribution in [1.82, 2.24) is 5.16 Å². The number of hydrogen-bond donors (Lipinski definition) is 1. The van der Waals surface area contributed by atoms with Crippen LogP contribution in [-0.4, -0.2) is 11.1 Å². The molecule has 0 fully saturated rings. The summed E-state index contributed by atoms with van der Waals surface area (Å²) in [5, 5.41) is 6.69. The van der Waals surface area contributed by atoms with E-state index in [4.69, 9.17) is 4.52 Å². The molecule has 4 heteroatoms. The third-order valence-corrected chi connectivity index (χ3v) is 3.47. The number of rotatable bonds is 5. The molecule has 1 N–H and O–H groups in total. The van der Waals surface area contributed by atoms with Gasteiger partial charge in [-0.2, -0.15) is 0 Å². The smallest absolute Gasteiger partial charge is 0.294 e. The van der Waals surface area contributed by atoms with Crippen LogP contribution in [0.15, 0.2) is 28.9 Å². The summed E-state index contributed by atoms with van der Waals surface area (Å²) in [6.45, 7) is 6.13. The summed E-state index contributed by atoms with van der Waals surface area (Å²) in [5.41, 5.74) is 4.00. The molecule has 0 spiro atoms. The maximum absolute atomic E-state index is 12.3. The molecule has 20 heavy (non-hydrogen) atoms. The van der Waals surface area contributed by atoms with E-state index in [9.17, 15) is 4.79 Å². The van der Waals surface area contributed by atoms with E-state index in [1.54, 1.807) is 6.20 Å². The topological polar surface area (TPSA) is 55.1 Å². The Hall–Kier alpha value is -2.10. The molecule has 1 aromatic carbocycles. The van der Waals surface area contributed by atoms with Crippen LogP contribution < -0.4 is 5.32 Å². The van der Waals surface area contributed by atoms with E-state index in [1.807, 2.05) is 25.1 Å². The number of anilines is 1. The minimum Gasteiger partial charge on any atom is -0.351 e. The fourth-order valence-electron chi connectivity index (χ4n) is 2.27. The van der Waals surface area contributed by atoms with Crippen molar-refractivity contribution in [1.29, 1.82) is 0 Å². The van der Waals surface area contributed by atoms with Crippen molar-refractivity contribution in [3.63, 3.8) is 0 Å². The van der Waals surface area contributed by atoms with Gasteiger partial charge in [-0.15, -0.1) is 0 Å². The quantitative estimate of drug-likeness (QED) is 0.904. The van der Waals surface area contributed by atoms with Crippen LogP contribution in [0.5, 0.6) is 0 Å². The molecule has 4 nitrogen and oxygen atoms in total. The zero-order valence-corrected chi connectivity index (χ0v) is 12.2. The van der Waals surface area contributed by atoms with Crippen LogP contribution in [0.4, 0.5) is 5.69 Å². The second-order valence-corrected chi connectivity index (χ2v) is 4.65. The van der Waals surface area contributed by atoms with E-state index in [2.05, 4.69) is 24.3 Å². The minimum absolute atomic E-state index is 0.227. The van der Waals surface area contributed by atoms with Gasteiger partial charge in [0.25, 0.3) is 5.91 Å². The average Bonchev–Trinajstić information content (AvgIpc) is 2.95. The molecule has 0 unspecified atom stereocenters. The highest BCUT2D eigenvalue weighted by Gasteiger charge is 2.18. The van der Waals surface area contributed by atoms with Gasteiger partial charge in [0.1, 0.15) is 0 Å². The van der Waals surface area contributed by atoms with Crippen LogP contribution >= 0.6 is 0 Å². The summed E-state index contributed by atoms with van der Waals surface area (Å²) in [5.74, 6) is 0.0791. The van der Waals surface area contributed by atoms with E-state index in [1.165, 1.54) is 0 Å². The number of aromatic nitrogens is 1. The van der Waals surface area contributed by atoms with Crippen molar-refractivity contribution in [3.05, 3.63) is 46.8 Å². The summed E-state index contributed by atoms with van der Waals surface area (Å²) >= 11 is 0. The van der Waals surface area contributed by atoms with E-state index >= 15 is 0 Å². The van der Waals surface area contributed by atoms with Crippen LogP contribution in [0.2, 0.25) is 0 Å². The number of benzene rings is 1. The van der Waals surface area contributed by atoms with Gasteiger partial charge in [-0.25, -0.2) is 0 Å². The SMILES string of the molecule is CCc1cnoc1C(=O)Nc1c(CC)cccc1CC. The third kappa shape index (κ3) is 2.74. The standard InChI is InChI=1S/C16H20N2O2/c1-4-11-8-7-9-12(5-2)14(11)18-16(19)15-13(6-3)10-17-20-15/h7-10H,4-6H2,1-3H3,(H,18,19). The van der Waals surface area contributed by atoms with Gasteiger partial charge in [0.05, 0.1) is 6.20 Å². The molecule has 106 valence electrons. The summed E-state index contributed by atoms with van der Waals surface area (Å²) in [7, 11) is 0. The Kier molecular flexibility index (Phi) is 4.56. The zero-order valence-electron chi connectivity index (χ0n) is 12.2. The molecule has 0 atom stereocenters. The molecular formula is C16H20N2O2. The van der Waals surface area contributed by atoms with Gasteiger partial charge in [-0.1, -0.05) is 44.1 Å². The van der Waals surface area contributed by atoms with Crippen molar-refractivity contribution in [2.45, 2.75) is 40.0 Å². The summed E-state index contributed by atoms with van der Waals surface area (Å²) in [6, 6.07) is 6.10. The van der Waals surface area contributed by atoms with Crippen LogP contribution in [0.1, 0.15) is 48.0 Å². The largest absolute Gasteiger partial charge is 0.351 e. The lowest BCUT2D eigenvalue weighted by Gasteiger charge is -2.13. The van der Waals surface area contributed by atoms with Gasteiger partial charge in [0.2, 0.25) is 5.76 Å². The first-order valence-corrected chi connectivity index (χ1v) is 7.06. The number of amides is 1. The summed E-state index contributed by atoms with van der Waals surface area (Å²) in [4.78, 5) is 12.3. The Bertz CT molecular complexity index is 580. The highest BCUT2D eigenvalue weighted by Crippen LogP contribution is 2.23. The lowest BCUT2D eigenvalue weighted by molar-refractivity contribution is 0.0986. The summed E-state index contributed by atoms with van der Waals surface area (Å²) < 4.78 is 5.07. The molecule has 1 amide bonds. The number of carbonyl (C=O) groups is 1. The fourth-order valence-corrected chi connectivity index (χ4v) is 2.27. The number of aryl methyl sites for hydroxylation is 3. The van der Waals surface area contributed by atoms with Crippen molar-refractivity contribution < 1.29 is 9.32 Å². The van der Waals surface area contributed by atoms with Crippen molar-refractivity contribution in [3.8, 4) is 0 Å². The van der Waals surface area contributed by atoms with Gasteiger partial charge in [0.15, 0.2) is 0 Å². The lowest BCUT2D eigenvalue weighted by atomic mass is 10.0. The number of carbonyl (C=O) groups excluding carboxylic acids is 1. The average molecular weight is 272 g/mol. The zero-order chi connectivity index (χ0) is 14.5. The first-order valence-electron chi connectivity index (χ1n) is 7.06. The first-order chi connectivity index (χ1) is 9.71. The van der Waals surface area contributed by atoms with Crippen molar-refractivity contribution in [2.75, 3.05) is 5.32 Å². The molecular weight excluding hydrogens is 252 g/mol. The van der Waals surface area contributed by atoms with Gasteiger partial charge in [-0.3, -0.25) is 4.79 Å². The van der Waals surface area contributed by atoms with Crippen LogP contribution in [0, 0.1) is 0 Å². The Morgan fingerprint density at radius 3 is 2.25 bits per heavy atom. The van der Waals surface area contributed by atoms with E-state index < -0.39 is 0 Å². The predicted molar refractivity (Wildman–Crippen MR) is 79.0 cm³/mol.